The van der Waals surface area contributed by atoms with Gasteiger partial charge in [0, 0.05) is 11.1 Å². The average molecular weight is 340 g/mol. The van der Waals surface area contributed by atoms with Gasteiger partial charge in [0.2, 0.25) is 0 Å². The Morgan fingerprint density at radius 1 is 1.30 bits per heavy atom. The molecule has 8 heteroatoms. The van der Waals surface area contributed by atoms with Gasteiger partial charge in [0.15, 0.2) is 0 Å². The second-order valence-corrected chi connectivity index (χ2v) is 8.76. The molecular weight excluding hydrogens is 315 g/mol. The monoisotopic (exact) mass is 340 g/mol. The predicted molar refractivity (Wildman–Crippen MR) is 90.9 cm³/mol. The van der Waals surface area contributed by atoms with E-state index >= 15 is 0 Å². The van der Waals surface area contributed by atoms with Crippen LogP contribution in [-0.4, -0.2) is 35.0 Å². The largest absolute Gasteiger partial charge is 0.525 e. The first-order valence-electron chi connectivity index (χ1n) is 7.67. The van der Waals surface area contributed by atoms with Gasteiger partial charge in [-0.15, -0.1) is 11.3 Å². The molecule has 0 unspecified atom stereocenters. The maximum atomic E-state index is 11.7. The van der Waals surface area contributed by atoms with Gasteiger partial charge < -0.3 is 19.4 Å². The Bertz CT molecular complexity index is 564. The maximum absolute atomic E-state index is 11.7. The Labute approximate surface area is 142 Å². The van der Waals surface area contributed by atoms with Gasteiger partial charge in [-0.25, -0.2) is 4.79 Å². The van der Waals surface area contributed by atoms with E-state index in [1.807, 2.05) is 48.5 Å². The van der Waals surface area contributed by atoms with E-state index < -0.39 is 30.0 Å². The minimum atomic E-state index is -0.508. The van der Waals surface area contributed by atoms with Crippen LogP contribution in [0.2, 0.25) is 0 Å². The summed E-state index contributed by atoms with van der Waals surface area (Å²) in [5, 5.41) is 2.72. The molecule has 1 aliphatic heterocycles. The van der Waals surface area contributed by atoms with Crippen LogP contribution in [0.5, 0.6) is 0 Å². The van der Waals surface area contributed by atoms with Crippen molar-refractivity contribution in [3.05, 3.63) is 11.1 Å². The average Bonchev–Trinajstić information content (AvgIpc) is 2.88. The van der Waals surface area contributed by atoms with Crippen molar-refractivity contribution in [1.29, 1.82) is 0 Å². The number of aromatic nitrogens is 1. The molecule has 0 aromatic carbocycles. The van der Waals surface area contributed by atoms with Gasteiger partial charge in [-0.1, -0.05) is 0 Å². The topological polar surface area (TPSA) is 69.7 Å². The number of carbonyl (C=O) groups is 1. The Hall–Kier alpha value is -1.12. The fourth-order valence-electron chi connectivity index (χ4n) is 1.93. The summed E-state index contributed by atoms with van der Waals surface area (Å²) in [6, 6.07) is 0. The first-order chi connectivity index (χ1) is 10.4. The number of amides is 1. The van der Waals surface area contributed by atoms with Gasteiger partial charge in [-0.05, 0) is 48.5 Å². The Balaban J connectivity index is 1.93. The van der Waals surface area contributed by atoms with Crippen LogP contribution in [0.3, 0.4) is 0 Å². The molecule has 1 fully saturated rings. The normalized spacial score (nSPS) is 19.7. The number of rotatable bonds is 3. The molecule has 0 spiro atoms. The number of alkyl carbamates (subject to hydrolysis) is 1. The highest BCUT2D eigenvalue weighted by Crippen LogP contribution is 2.36. The molecule has 2 heterocycles. The number of thiazole rings is 1. The van der Waals surface area contributed by atoms with Crippen molar-refractivity contribution < 1.29 is 18.8 Å². The third kappa shape index (κ3) is 4.46. The lowest BCUT2D eigenvalue weighted by Gasteiger charge is -2.32. The van der Waals surface area contributed by atoms with E-state index in [0.717, 1.165) is 9.78 Å². The van der Waals surface area contributed by atoms with Gasteiger partial charge in [0.1, 0.15) is 10.5 Å². The summed E-state index contributed by atoms with van der Waals surface area (Å²) in [4.78, 5) is 17.7. The number of ether oxygens (including phenoxy) is 1. The molecule has 0 bridgehead atoms. The fraction of sp³-hybridized carbons (Fsp3) is 0.733. The van der Waals surface area contributed by atoms with Crippen LogP contribution in [-0.2, 0) is 20.6 Å². The predicted octanol–water partition coefficient (Wildman–Crippen LogP) is 2.47. The first kappa shape index (κ1) is 18.2. The smallest absolute Gasteiger partial charge is 0.444 e. The van der Waals surface area contributed by atoms with Crippen molar-refractivity contribution in [2.24, 2.45) is 0 Å². The second-order valence-electron chi connectivity index (χ2n) is 7.61. The van der Waals surface area contributed by atoms with Gasteiger partial charge in [-0.3, -0.25) is 4.98 Å². The molecular formula is C15H25BN2O4S. The standard InChI is InChI=1S/C15H25BN2O4S/c1-13(2,3)20-12(19)18-9-10-8-17-11(23-10)16-21-14(4,5)15(6,7)22-16/h8H,9H2,1-7H3,(H,18,19). The van der Waals surface area contributed by atoms with Crippen molar-refractivity contribution in [2.75, 3.05) is 0 Å². The zero-order chi connectivity index (χ0) is 17.5. The molecule has 1 aromatic heterocycles. The third-order valence-corrected chi connectivity index (χ3v) is 4.85. The molecule has 1 amide bonds. The number of hydrogen-bond donors (Lipinski definition) is 1. The van der Waals surface area contributed by atoms with Crippen molar-refractivity contribution >= 4 is 29.5 Å². The van der Waals surface area contributed by atoms with E-state index in [1.165, 1.54) is 11.3 Å². The molecule has 0 saturated carbocycles. The summed E-state index contributed by atoms with van der Waals surface area (Å²) in [5.74, 6) is 0. The number of carbonyl (C=O) groups excluding carboxylic acids is 1. The lowest BCUT2D eigenvalue weighted by molar-refractivity contribution is 0.00578. The zero-order valence-corrected chi connectivity index (χ0v) is 15.7. The molecule has 1 N–H and O–H groups in total. The van der Waals surface area contributed by atoms with Gasteiger partial charge in [0.25, 0.3) is 0 Å². The van der Waals surface area contributed by atoms with E-state index in [9.17, 15) is 4.79 Å². The number of hydrogen-bond acceptors (Lipinski definition) is 6. The number of nitrogens with zero attached hydrogens (tertiary/aromatic N) is 1. The van der Waals surface area contributed by atoms with Crippen LogP contribution in [0.15, 0.2) is 6.20 Å². The minimum absolute atomic E-state index is 0.367. The highest BCUT2D eigenvalue weighted by atomic mass is 32.1. The fourth-order valence-corrected chi connectivity index (χ4v) is 2.75. The Morgan fingerprint density at radius 2 is 1.87 bits per heavy atom. The quantitative estimate of drug-likeness (QED) is 0.856. The summed E-state index contributed by atoms with van der Waals surface area (Å²) in [7, 11) is -0.472. The van der Waals surface area contributed by atoms with E-state index in [-0.39, 0.29) is 0 Å². The second kappa shape index (κ2) is 6.07. The summed E-state index contributed by atoms with van der Waals surface area (Å²) in [6.07, 6.45) is 1.28. The minimum Gasteiger partial charge on any atom is -0.444 e. The maximum Gasteiger partial charge on any atom is 0.525 e. The molecule has 0 atom stereocenters. The summed E-state index contributed by atoms with van der Waals surface area (Å²) in [6.45, 7) is 13.9. The first-order valence-corrected chi connectivity index (χ1v) is 8.48. The van der Waals surface area contributed by atoms with E-state index in [2.05, 4.69) is 10.3 Å². The van der Waals surface area contributed by atoms with Gasteiger partial charge >= 0.3 is 13.2 Å². The Kier molecular flexibility index (Phi) is 4.81. The molecule has 0 radical (unpaired) electrons. The van der Waals surface area contributed by atoms with E-state index in [4.69, 9.17) is 14.0 Å². The third-order valence-electron chi connectivity index (χ3n) is 3.83. The highest BCUT2D eigenvalue weighted by molar-refractivity contribution is 7.21. The van der Waals surface area contributed by atoms with Crippen LogP contribution in [0.1, 0.15) is 53.3 Å². The molecule has 6 nitrogen and oxygen atoms in total. The molecule has 1 aliphatic rings. The van der Waals surface area contributed by atoms with Crippen molar-refractivity contribution in [2.45, 2.75) is 71.8 Å². The van der Waals surface area contributed by atoms with E-state index in [1.54, 1.807) is 6.20 Å². The lowest BCUT2D eigenvalue weighted by atomic mass is 9.90. The molecule has 0 aliphatic carbocycles. The SMILES string of the molecule is CC(C)(C)OC(=O)NCc1cnc(B2OC(C)(C)C(C)(C)O2)s1. The molecule has 2 rings (SSSR count). The summed E-state index contributed by atoms with van der Waals surface area (Å²) >= 11 is 1.46. The van der Waals surface area contributed by atoms with Crippen LogP contribution in [0.25, 0.3) is 0 Å². The summed E-state index contributed by atoms with van der Waals surface area (Å²) < 4.78 is 17.1. The Morgan fingerprint density at radius 3 is 2.39 bits per heavy atom. The molecule has 128 valence electrons. The van der Waals surface area contributed by atoms with Crippen LogP contribution in [0, 0.1) is 0 Å². The van der Waals surface area contributed by atoms with Crippen LogP contribution in [0.4, 0.5) is 4.79 Å². The van der Waals surface area contributed by atoms with Gasteiger partial charge in [0.05, 0.1) is 17.7 Å². The lowest BCUT2D eigenvalue weighted by Crippen LogP contribution is -2.41. The number of nitrogens with one attached hydrogen (secondary N) is 1. The van der Waals surface area contributed by atoms with E-state index in [0.29, 0.717) is 6.54 Å². The van der Waals surface area contributed by atoms with Crippen molar-refractivity contribution in [3.8, 4) is 0 Å². The molecule has 1 aromatic rings. The van der Waals surface area contributed by atoms with Crippen molar-refractivity contribution in [3.63, 3.8) is 0 Å². The van der Waals surface area contributed by atoms with Crippen molar-refractivity contribution in [1.82, 2.24) is 10.3 Å². The van der Waals surface area contributed by atoms with Gasteiger partial charge in [-0.2, -0.15) is 0 Å². The molecule has 1 saturated heterocycles. The van der Waals surface area contributed by atoms with Crippen LogP contribution >= 0.6 is 11.3 Å². The zero-order valence-electron chi connectivity index (χ0n) is 14.9. The molecule has 23 heavy (non-hydrogen) atoms. The van der Waals surface area contributed by atoms with Crippen LogP contribution < -0.4 is 10.2 Å². The highest BCUT2D eigenvalue weighted by Gasteiger charge is 2.52. The summed E-state index contributed by atoms with van der Waals surface area (Å²) in [5.41, 5.74) is -1.29.